The van der Waals surface area contributed by atoms with E-state index in [0.717, 1.165) is 6.08 Å². The lowest BCUT2D eigenvalue weighted by atomic mass is 10.2. The van der Waals surface area contributed by atoms with E-state index in [-0.39, 0.29) is 5.82 Å². The Kier molecular flexibility index (Phi) is 4.06. The van der Waals surface area contributed by atoms with Crippen molar-refractivity contribution < 1.29 is 14.3 Å². The van der Waals surface area contributed by atoms with Gasteiger partial charge in [0.05, 0.1) is 3.57 Å². The fourth-order valence-electron chi connectivity index (χ4n) is 0.858. The van der Waals surface area contributed by atoms with Crippen LogP contribution in [-0.2, 0) is 4.79 Å². The highest BCUT2D eigenvalue weighted by molar-refractivity contribution is 14.1. The molecular formula is C9H5BrFIO2. The van der Waals surface area contributed by atoms with Gasteiger partial charge < -0.3 is 5.11 Å². The predicted molar refractivity (Wildman–Crippen MR) is 63.5 cm³/mol. The fourth-order valence-corrected chi connectivity index (χ4v) is 1.80. The van der Waals surface area contributed by atoms with E-state index in [2.05, 4.69) is 15.9 Å². The Balaban J connectivity index is 3.14. The third-order valence-electron chi connectivity index (χ3n) is 1.43. The van der Waals surface area contributed by atoms with Gasteiger partial charge >= 0.3 is 5.97 Å². The standard InChI is InChI=1S/C9H5BrFIO2/c10-6-3-5(1-2-8(13)14)9(12)7(11)4-6/h1-4H,(H,13,14)/b2-1+. The molecule has 1 aromatic carbocycles. The van der Waals surface area contributed by atoms with Crippen molar-refractivity contribution in [2.75, 3.05) is 0 Å². The van der Waals surface area contributed by atoms with Crippen LogP contribution in [0.3, 0.4) is 0 Å². The number of halogens is 3. The molecule has 0 fully saturated rings. The van der Waals surface area contributed by atoms with Crippen LogP contribution in [0.4, 0.5) is 4.39 Å². The highest BCUT2D eigenvalue weighted by atomic mass is 127. The van der Waals surface area contributed by atoms with E-state index in [9.17, 15) is 9.18 Å². The van der Waals surface area contributed by atoms with E-state index in [1.807, 2.05) is 22.6 Å². The summed E-state index contributed by atoms with van der Waals surface area (Å²) in [6.45, 7) is 0. The van der Waals surface area contributed by atoms with Gasteiger partial charge in [-0.25, -0.2) is 9.18 Å². The minimum atomic E-state index is -1.05. The molecule has 5 heteroatoms. The highest BCUT2D eigenvalue weighted by Gasteiger charge is 2.05. The van der Waals surface area contributed by atoms with Crippen molar-refractivity contribution in [1.82, 2.24) is 0 Å². The molecule has 0 aromatic heterocycles. The molecule has 0 amide bonds. The molecule has 1 aromatic rings. The lowest BCUT2D eigenvalue weighted by Crippen LogP contribution is -1.90. The molecule has 0 spiro atoms. The molecule has 0 heterocycles. The Hall–Kier alpha value is -0.430. The third-order valence-corrected chi connectivity index (χ3v) is 3.02. The summed E-state index contributed by atoms with van der Waals surface area (Å²) in [7, 11) is 0. The maximum absolute atomic E-state index is 13.1. The molecule has 2 nitrogen and oxygen atoms in total. The minimum Gasteiger partial charge on any atom is -0.478 e. The van der Waals surface area contributed by atoms with Gasteiger partial charge in [-0.05, 0) is 46.4 Å². The summed E-state index contributed by atoms with van der Waals surface area (Å²) in [5.41, 5.74) is 0.542. The maximum Gasteiger partial charge on any atom is 0.328 e. The van der Waals surface area contributed by atoms with E-state index in [1.54, 1.807) is 6.07 Å². The van der Waals surface area contributed by atoms with Crippen molar-refractivity contribution in [3.8, 4) is 0 Å². The second-order valence-electron chi connectivity index (χ2n) is 2.46. The Morgan fingerprint density at radius 1 is 1.57 bits per heavy atom. The first-order valence-corrected chi connectivity index (χ1v) is 5.43. The van der Waals surface area contributed by atoms with E-state index in [4.69, 9.17) is 5.11 Å². The SMILES string of the molecule is O=C(O)/C=C/c1cc(Br)cc(F)c1I. The van der Waals surface area contributed by atoms with Gasteiger partial charge in [0.1, 0.15) is 5.82 Å². The summed E-state index contributed by atoms with van der Waals surface area (Å²) >= 11 is 4.96. The van der Waals surface area contributed by atoms with Gasteiger partial charge in [0.15, 0.2) is 0 Å². The summed E-state index contributed by atoms with van der Waals surface area (Å²) in [6, 6.07) is 2.99. The summed E-state index contributed by atoms with van der Waals surface area (Å²) in [5.74, 6) is -1.42. The van der Waals surface area contributed by atoms with Gasteiger partial charge in [-0.2, -0.15) is 0 Å². The highest BCUT2D eigenvalue weighted by Crippen LogP contribution is 2.23. The van der Waals surface area contributed by atoms with Gasteiger partial charge in [0.2, 0.25) is 0 Å². The molecular weight excluding hydrogens is 366 g/mol. The minimum absolute atomic E-state index is 0.370. The first-order chi connectivity index (χ1) is 6.50. The number of rotatable bonds is 2. The molecule has 0 bridgehead atoms. The number of hydrogen-bond donors (Lipinski definition) is 1. The zero-order valence-electron chi connectivity index (χ0n) is 6.80. The summed E-state index contributed by atoms with van der Waals surface area (Å²) in [4.78, 5) is 10.3. The number of carboxylic acid groups (broad SMARTS) is 1. The first kappa shape index (κ1) is 11.6. The van der Waals surface area contributed by atoms with Crippen LogP contribution in [0, 0.1) is 9.39 Å². The Labute approximate surface area is 102 Å². The van der Waals surface area contributed by atoms with E-state index < -0.39 is 5.97 Å². The molecule has 0 aliphatic heterocycles. The van der Waals surface area contributed by atoms with Crippen LogP contribution in [0.15, 0.2) is 22.7 Å². The summed E-state index contributed by atoms with van der Waals surface area (Å²) < 4.78 is 14.1. The van der Waals surface area contributed by atoms with Crippen LogP contribution in [0.2, 0.25) is 0 Å². The summed E-state index contributed by atoms with van der Waals surface area (Å²) in [6.07, 6.45) is 2.33. The van der Waals surface area contributed by atoms with E-state index >= 15 is 0 Å². The monoisotopic (exact) mass is 370 g/mol. The average Bonchev–Trinajstić information content (AvgIpc) is 2.08. The number of carbonyl (C=O) groups is 1. The molecule has 0 saturated carbocycles. The van der Waals surface area contributed by atoms with Crippen LogP contribution >= 0.6 is 38.5 Å². The first-order valence-electron chi connectivity index (χ1n) is 3.56. The number of carboxylic acids is 1. The average molecular weight is 371 g/mol. The lowest BCUT2D eigenvalue weighted by molar-refractivity contribution is -0.131. The molecule has 0 radical (unpaired) electrons. The van der Waals surface area contributed by atoms with Crippen LogP contribution < -0.4 is 0 Å². The second kappa shape index (κ2) is 4.88. The molecule has 14 heavy (non-hydrogen) atoms. The van der Waals surface area contributed by atoms with Gasteiger partial charge in [-0.3, -0.25) is 0 Å². The molecule has 0 unspecified atom stereocenters. The fraction of sp³-hybridized carbons (Fsp3) is 0. The van der Waals surface area contributed by atoms with Gasteiger partial charge in [-0.1, -0.05) is 15.9 Å². The van der Waals surface area contributed by atoms with Crippen molar-refractivity contribution in [1.29, 1.82) is 0 Å². The Morgan fingerprint density at radius 2 is 2.21 bits per heavy atom. The second-order valence-corrected chi connectivity index (χ2v) is 4.46. The number of hydrogen-bond acceptors (Lipinski definition) is 1. The predicted octanol–water partition coefficient (Wildman–Crippen LogP) is 3.29. The number of aliphatic carboxylic acids is 1. The van der Waals surface area contributed by atoms with Crippen LogP contribution in [-0.4, -0.2) is 11.1 Å². The zero-order chi connectivity index (χ0) is 10.7. The summed E-state index contributed by atoms with van der Waals surface area (Å²) in [5, 5.41) is 8.41. The normalized spacial score (nSPS) is 10.8. The largest absolute Gasteiger partial charge is 0.478 e. The molecule has 1 N–H and O–H groups in total. The Morgan fingerprint density at radius 3 is 2.79 bits per heavy atom. The van der Waals surface area contributed by atoms with Crippen LogP contribution in [0.5, 0.6) is 0 Å². The smallest absolute Gasteiger partial charge is 0.328 e. The van der Waals surface area contributed by atoms with Gasteiger partial charge in [0, 0.05) is 10.5 Å². The van der Waals surface area contributed by atoms with Gasteiger partial charge in [-0.15, -0.1) is 0 Å². The van der Waals surface area contributed by atoms with Crippen molar-refractivity contribution in [2.45, 2.75) is 0 Å². The zero-order valence-corrected chi connectivity index (χ0v) is 10.5. The quantitative estimate of drug-likeness (QED) is 0.492. The van der Waals surface area contributed by atoms with Crippen molar-refractivity contribution in [2.24, 2.45) is 0 Å². The number of benzene rings is 1. The van der Waals surface area contributed by atoms with E-state index in [0.29, 0.717) is 13.6 Å². The van der Waals surface area contributed by atoms with Gasteiger partial charge in [0.25, 0.3) is 0 Å². The molecule has 1 rings (SSSR count). The topological polar surface area (TPSA) is 37.3 Å². The third kappa shape index (κ3) is 3.06. The van der Waals surface area contributed by atoms with Crippen molar-refractivity contribution >= 4 is 50.6 Å². The van der Waals surface area contributed by atoms with E-state index in [1.165, 1.54) is 12.1 Å². The van der Waals surface area contributed by atoms with Crippen LogP contribution in [0.25, 0.3) is 6.08 Å². The molecule has 0 atom stereocenters. The maximum atomic E-state index is 13.1. The van der Waals surface area contributed by atoms with Crippen molar-refractivity contribution in [3.05, 3.63) is 37.6 Å². The lowest BCUT2D eigenvalue weighted by Gasteiger charge is -2.00. The molecule has 0 saturated heterocycles. The molecule has 0 aliphatic carbocycles. The molecule has 74 valence electrons. The molecule has 0 aliphatic rings. The van der Waals surface area contributed by atoms with Crippen LogP contribution in [0.1, 0.15) is 5.56 Å². The van der Waals surface area contributed by atoms with Crippen molar-refractivity contribution in [3.63, 3.8) is 0 Å². The Bertz CT molecular complexity index is 404.